The van der Waals surface area contributed by atoms with Crippen molar-refractivity contribution < 1.29 is 17.9 Å². The smallest absolute Gasteiger partial charge is 0.265 e. The maximum Gasteiger partial charge on any atom is 0.265 e. The zero-order valence-corrected chi connectivity index (χ0v) is 20.4. The third-order valence-corrected chi connectivity index (χ3v) is 7.82. The van der Waals surface area contributed by atoms with Crippen LogP contribution in [0.4, 0.5) is 5.69 Å². The molecule has 0 radical (unpaired) electrons. The second-order valence-corrected chi connectivity index (χ2v) is 11.6. The SMILES string of the molecule is CC1CCN(S(=O)(=O)c2ccc(NC(=O)C(C)Oc3ccc(C(C)(C)C)cc3)cc2)CC1. The Labute approximate surface area is 192 Å². The summed E-state index contributed by atoms with van der Waals surface area (Å²) in [6, 6.07) is 14.0. The minimum absolute atomic E-state index is 0.0492. The van der Waals surface area contributed by atoms with Gasteiger partial charge in [0.25, 0.3) is 5.91 Å². The third-order valence-electron chi connectivity index (χ3n) is 5.90. The number of sulfonamides is 1. The molecule has 1 N–H and O–H groups in total. The third kappa shape index (κ3) is 5.90. The van der Waals surface area contributed by atoms with E-state index in [-0.39, 0.29) is 16.2 Å². The van der Waals surface area contributed by atoms with E-state index in [1.165, 1.54) is 5.56 Å². The highest BCUT2D eigenvalue weighted by Gasteiger charge is 2.28. The zero-order valence-electron chi connectivity index (χ0n) is 19.6. The van der Waals surface area contributed by atoms with E-state index in [4.69, 9.17) is 4.74 Å². The van der Waals surface area contributed by atoms with E-state index >= 15 is 0 Å². The van der Waals surface area contributed by atoms with Gasteiger partial charge in [-0.25, -0.2) is 8.42 Å². The highest BCUT2D eigenvalue weighted by Crippen LogP contribution is 2.26. The quantitative estimate of drug-likeness (QED) is 0.674. The number of ether oxygens (including phenoxy) is 1. The highest BCUT2D eigenvalue weighted by molar-refractivity contribution is 7.89. The van der Waals surface area contributed by atoms with Gasteiger partial charge in [0.05, 0.1) is 4.90 Å². The lowest BCUT2D eigenvalue weighted by Gasteiger charge is -2.29. The summed E-state index contributed by atoms with van der Waals surface area (Å²) in [6.07, 6.45) is 1.06. The van der Waals surface area contributed by atoms with Gasteiger partial charge in [-0.3, -0.25) is 4.79 Å². The average Bonchev–Trinajstić information content (AvgIpc) is 2.74. The highest BCUT2D eigenvalue weighted by atomic mass is 32.2. The molecule has 1 fully saturated rings. The summed E-state index contributed by atoms with van der Waals surface area (Å²) in [7, 11) is -3.51. The maximum atomic E-state index is 12.8. The van der Waals surface area contributed by atoms with Crippen molar-refractivity contribution in [3.63, 3.8) is 0 Å². The second-order valence-electron chi connectivity index (χ2n) is 9.63. The van der Waals surface area contributed by atoms with Gasteiger partial charge in [0.15, 0.2) is 6.10 Å². The molecule has 1 aliphatic heterocycles. The van der Waals surface area contributed by atoms with Crippen molar-refractivity contribution in [2.24, 2.45) is 5.92 Å². The Morgan fingerprint density at radius 2 is 1.59 bits per heavy atom. The molecule has 1 amide bonds. The molecule has 0 aromatic heterocycles. The van der Waals surface area contributed by atoms with E-state index in [0.717, 1.165) is 12.8 Å². The monoisotopic (exact) mass is 458 g/mol. The van der Waals surface area contributed by atoms with Gasteiger partial charge in [-0.2, -0.15) is 4.31 Å². The molecule has 6 nitrogen and oxygen atoms in total. The van der Waals surface area contributed by atoms with Gasteiger partial charge >= 0.3 is 0 Å². The standard InChI is InChI=1S/C25H34N2O4S/c1-18-14-16-27(17-15-18)32(29,30)23-12-8-21(9-13-23)26-24(28)19(2)31-22-10-6-20(7-11-22)25(3,4)5/h6-13,18-19H,14-17H2,1-5H3,(H,26,28). The van der Waals surface area contributed by atoms with Crippen molar-refractivity contribution in [2.45, 2.75) is 63.9 Å². The number of hydrogen-bond donors (Lipinski definition) is 1. The van der Waals surface area contributed by atoms with Crippen LogP contribution in [0.3, 0.4) is 0 Å². The number of carbonyl (C=O) groups excluding carboxylic acids is 1. The topological polar surface area (TPSA) is 75.7 Å². The molecule has 1 saturated heterocycles. The summed E-state index contributed by atoms with van der Waals surface area (Å²) in [6.45, 7) is 11.4. The van der Waals surface area contributed by atoms with Gasteiger partial charge in [0.2, 0.25) is 10.0 Å². The van der Waals surface area contributed by atoms with E-state index in [1.807, 2.05) is 24.3 Å². The van der Waals surface area contributed by atoms with E-state index in [2.05, 4.69) is 33.0 Å². The first kappa shape index (κ1) is 24.3. The molecule has 2 aromatic rings. The number of rotatable bonds is 6. The fourth-order valence-electron chi connectivity index (χ4n) is 3.62. The molecular formula is C25H34N2O4S. The largest absolute Gasteiger partial charge is 0.481 e. The summed E-state index contributed by atoms with van der Waals surface area (Å²) in [5.41, 5.74) is 1.77. The Bertz CT molecular complexity index is 1020. The Morgan fingerprint density at radius 1 is 1.03 bits per heavy atom. The van der Waals surface area contributed by atoms with Crippen LogP contribution in [0.15, 0.2) is 53.4 Å². The lowest BCUT2D eigenvalue weighted by molar-refractivity contribution is -0.122. The Hall–Kier alpha value is -2.38. The number of carbonyl (C=O) groups is 1. The predicted molar refractivity (Wildman–Crippen MR) is 127 cm³/mol. The molecule has 1 unspecified atom stereocenters. The van der Waals surface area contributed by atoms with Crippen LogP contribution in [0.1, 0.15) is 53.0 Å². The van der Waals surface area contributed by atoms with Gasteiger partial charge < -0.3 is 10.1 Å². The van der Waals surface area contributed by atoms with Crippen molar-refractivity contribution in [1.29, 1.82) is 0 Å². The first-order valence-electron chi connectivity index (χ1n) is 11.1. The molecule has 0 bridgehead atoms. The lowest BCUT2D eigenvalue weighted by atomic mass is 9.87. The van der Waals surface area contributed by atoms with E-state index < -0.39 is 16.1 Å². The van der Waals surface area contributed by atoms with E-state index in [0.29, 0.717) is 30.4 Å². The number of anilines is 1. The first-order valence-corrected chi connectivity index (χ1v) is 12.6. The van der Waals surface area contributed by atoms with Crippen LogP contribution < -0.4 is 10.1 Å². The molecule has 7 heteroatoms. The lowest BCUT2D eigenvalue weighted by Crippen LogP contribution is -2.37. The average molecular weight is 459 g/mol. The normalized spacial score (nSPS) is 17.0. The molecule has 1 atom stereocenters. The summed E-state index contributed by atoms with van der Waals surface area (Å²) in [5.74, 6) is 0.878. The minimum atomic E-state index is -3.51. The van der Waals surface area contributed by atoms with Gasteiger partial charge in [-0.05, 0) is 73.1 Å². The minimum Gasteiger partial charge on any atom is -0.481 e. The van der Waals surface area contributed by atoms with E-state index in [9.17, 15) is 13.2 Å². The van der Waals surface area contributed by atoms with Crippen molar-refractivity contribution in [2.75, 3.05) is 18.4 Å². The van der Waals surface area contributed by atoms with Crippen molar-refractivity contribution in [3.8, 4) is 5.75 Å². The van der Waals surface area contributed by atoms with Gasteiger partial charge in [-0.1, -0.05) is 39.8 Å². The molecule has 3 rings (SSSR count). The molecule has 0 spiro atoms. The van der Waals surface area contributed by atoms with Crippen molar-refractivity contribution in [3.05, 3.63) is 54.1 Å². The van der Waals surface area contributed by atoms with Crippen LogP contribution in [0.5, 0.6) is 5.75 Å². The number of nitrogens with one attached hydrogen (secondary N) is 1. The predicted octanol–water partition coefficient (Wildman–Crippen LogP) is 4.81. The summed E-state index contributed by atoms with van der Waals surface area (Å²) >= 11 is 0. The molecule has 2 aromatic carbocycles. The van der Waals surface area contributed by atoms with Crippen LogP contribution in [0, 0.1) is 5.92 Å². The molecule has 32 heavy (non-hydrogen) atoms. The fourth-order valence-corrected chi connectivity index (χ4v) is 5.09. The van der Waals surface area contributed by atoms with Crippen LogP contribution >= 0.6 is 0 Å². The summed E-state index contributed by atoms with van der Waals surface area (Å²) in [5, 5.41) is 2.79. The molecular weight excluding hydrogens is 424 g/mol. The number of amides is 1. The number of benzene rings is 2. The second kappa shape index (κ2) is 9.63. The number of piperidine rings is 1. The van der Waals surface area contributed by atoms with Gasteiger partial charge in [0, 0.05) is 18.8 Å². The Morgan fingerprint density at radius 3 is 2.12 bits per heavy atom. The van der Waals surface area contributed by atoms with Crippen LogP contribution in [0.2, 0.25) is 0 Å². The fraction of sp³-hybridized carbons (Fsp3) is 0.480. The Balaban J connectivity index is 1.59. The van der Waals surface area contributed by atoms with E-state index in [1.54, 1.807) is 35.5 Å². The van der Waals surface area contributed by atoms with Crippen LogP contribution in [0.25, 0.3) is 0 Å². The molecule has 1 heterocycles. The first-order chi connectivity index (χ1) is 15.0. The van der Waals surface area contributed by atoms with Gasteiger partial charge in [0.1, 0.15) is 5.75 Å². The molecule has 0 aliphatic carbocycles. The van der Waals surface area contributed by atoms with Crippen molar-refractivity contribution >= 4 is 21.6 Å². The van der Waals surface area contributed by atoms with Crippen LogP contribution in [-0.4, -0.2) is 37.8 Å². The summed E-state index contributed by atoms with van der Waals surface area (Å²) < 4.78 is 33.0. The Kier molecular flexibility index (Phi) is 7.30. The molecule has 1 aliphatic rings. The zero-order chi connectivity index (χ0) is 23.5. The number of hydrogen-bond acceptors (Lipinski definition) is 4. The molecule has 0 saturated carbocycles. The molecule has 174 valence electrons. The van der Waals surface area contributed by atoms with Gasteiger partial charge in [-0.15, -0.1) is 0 Å². The van der Waals surface area contributed by atoms with Crippen LogP contribution in [-0.2, 0) is 20.2 Å². The number of nitrogens with zero attached hydrogens (tertiary/aromatic N) is 1. The van der Waals surface area contributed by atoms with Crippen molar-refractivity contribution in [1.82, 2.24) is 4.31 Å². The maximum absolute atomic E-state index is 12.8. The summed E-state index contributed by atoms with van der Waals surface area (Å²) in [4.78, 5) is 12.8.